The fraction of sp³-hybridized carbons (Fsp3) is 0.958. The van der Waals surface area contributed by atoms with Crippen LogP contribution in [0.5, 0.6) is 0 Å². The van der Waals surface area contributed by atoms with E-state index in [1.54, 1.807) is 0 Å². The van der Waals surface area contributed by atoms with E-state index < -0.39 is 5.97 Å². The van der Waals surface area contributed by atoms with Crippen LogP contribution in [0.3, 0.4) is 0 Å². The maximum Gasteiger partial charge on any atom is 0.303 e. The summed E-state index contributed by atoms with van der Waals surface area (Å²) in [7, 11) is 0. The van der Waals surface area contributed by atoms with Gasteiger partial charge < -0.3 is 15.3 Å². The van der Waals surface area contributed by atoms with Gasteiger partial charge in [0.05, 0.1) is 12.2 Å². The molecule has 0 heterocycles. The summed E-state index contributed by atoms with van der Waals surface area (Å²) in [4.78, 5) is 11.1. The molecule has 0 bridgehead atoms. The quantitative estimate of drug-likeness (QED) is 0.659. The Balaban J connectivity index is 1.55. The molecule has 4 rings (SSSR count). The van der Waals surface area contributed by atoms with E-state index in [1.165, 1.54) is 25.7 Å². The molecule has 0 radical (unpaired) electrons. The Morgan fingerprint density at radius 3 is 2.39 bits per heavy atom. The van der Waals surface area contributed by atoms with E-state index in [1.807, 2.05) is 0 Å². The van der Waals surface area contributed by atoms with Gasteiger partial charge in [0.1, 0.15) is 0 Å². The van der Waals surface area contributed by atoms with Crippen LogP contribution >= 0.6 is 0 Å². The number of aliphatic carboxylic acids is 1. The monoisotopic (exact) mass is 392 g/mol. The molecular weight excluding hydrogens is 352 g/mol. The van der Waals surface area contributed by atoms with Crippen molar-refractivity contribution in [3.8, 4) is 0 Å². The SMILES string of the molecule is C[C@@H](CCC(=O)O)[C@H]1CC[C@H]2[C@@H]3[C@H](O)C[C@@H]4C[C@@H](O)CC[C@]4(C)[C@H]3CC[C@]12C. The molecular formula is C24H40O4. The largest absolute Gasteiger partial charge is 0.481 e. The zero-order chi connectivity index (χ0) is 20.3. The molecule has 0 aromatic carbocycles. The van der Waals surface area contributed by atoms with Gasteiger partial charge in [0, 0.05) is 6.42 Å². The van der Waals surface area contributed by atoms with Crippen molar-refractivity contribution in [1.29, 1.82) is 0 Å². The average Bonchev–Trinajstić information content (AvgIpc) is 2.98. The number of aliphatic hydroxyl groups is 2. The maximum atomic E-state index is 11.2. The van der Waals surface area contributed by atoms with E-state index in [2.05, 4.69) is 20.8 Å². The highest BCUT2D eigenvalue weighted by Crippen LogP contribution is 2.68. The number of aliphatic hydroxyl groups excluding tert-OH is 2. The summed E-state index contributed by atoms with van der Waals surface area (Å²) in [5.74, 6) is 2.36. The number of carbonyl (C=O) groups is 1. The molecule has 0 aromatic heterocycles. The average molecular weight is 393 g/mol. The molecule has 28 heavy (non-hydrogen) atoms. The maximum absolute atomic E-state index is 11.2. The number of hydrogen-bond donors (Lipinski definition) is 3. The van der Waals surface area contributed by atoms with Crippen molar-refractivity contribution < 1.29 is 20.1 Å². The van der Waals surface area contributed by atoms with E-state index in [4.69, 9.17) is 5.11 Å². The standard InChI is InChI=1S/C24H40O4/c1-14(4-7-21(27)28)17-5-6-18-22-19(9-11-24(17,18)3)23(2)10-8-16(25)12-15(23)13-20(22)26/h14-20,22,25-26H,4-13H2,1-3H3,(H,27,28)/t14-,15-,16-,17+,18-,19-,20+,22-,23-,24+/m0/s1. The first-order chi connectivity index (χ1) is 13.2. The number of fused-ring (bicyclic) bond motifs is 5. The van der Waals surface area contributed by atoms with Crippen molar-refractivity contribution in [3.05, 3.63) is 0 Å². The summed E-state index contributed by atoms with van der Waals surface area (Å²) >= 11 is 0. The van der Waals surface area contributed by atoms with Crippen molar-refractivity contribution in [2.75, 3.05) is 0 Å². The van der Waals surface area contributed by atoms with Crippen LogP contribution in [0.4, 0.5) is 0 Å². The highest BCUT2D eigenvalue weighted by molar-refractivity contribution is 5.66. The van der Waals surface area contributed by atoms with E-state index in [9.17, 15) is 15.0 Å². The van der Waals surface area contributed by atoms with Gasteiger partial charge in [-0.25, -0.2) is 0 Å². The Kier molecular flexibility index (Phi) is 5.36. The molecule has 4 aliphatic rings. The minimum absolute atomic E-state index is 0.179. The molecule has 4 heteroatoms. The predicted molar refractivity (Wildman–Crippen MR) is 109 cm³/mol. The molecule has 0 aromatic rings. The number of rotatable bonds is 4. The lowest BCUT2D eigenvalue weighted by molar-refractivity contribution is -0.174. The highest BCUT2D eigenvalue weighted by Gasteiger charge is 2.62. The van der Waals surface area contributed by atoms with Gasteiger partial charge >= 0.3 is 5.97 Å². The summed E-state index contributed by atoms with van der Waals surface area (Å²) in [6, 6.07) is 0. The van der Waals surface area contributed by atoms with Crippen LogP contribution < -0.4 is 0 Å². The molecule has 0 saturated heterocycles. The summed E-state index contributed by atoms with van der Waals surface area (Å²) in [6.07, 6.45) is 9.19. The van der Waals surface area contributed by atoms with Gasteiger partial charge in [0.15, 0.2) is 0 Å². The molecule has 0 spiro atoms. The van der Waals surface area contributed by atoms with E-state index >= 15 is 0 Å². The molecule has 3 N–H and O–H groups in total. The Labute approximate surface area is 170 Å². The number of carboxylic acids is 1. The fourth-order valence-electron chi connectivity index (χ4n) is 8.73. The zero-order valence-electron chi connectivity index (χ0n) is 17.9. The van der Waals surface area contributed by atoms with Crippen LogP contribution in [0.1, 0.15) is 85.0 Å². The molecule has 0 unspecified atom stereocenters. The van der Waals surface area contributed by atoms with Crippen molar-refractivity contribution in [1.82, 2.24) is 0 Å². The van der Waals surface area contributed by atoms with Gasteiger partial charge in [-0.1, -0.05) is 20.8 Å². The van der Waals surface area contributed by atoms with Crippen molar-refractivity contribution in [2.24, 2.45) is 46.3 Å². The summed E-state index contributed by atoms with van der Waals surface area (Å²) < 4.78 is 0. The second-order valence-electron chi connectivity index (χ2n) is 11.4. The molecule has 160 valence electrons. The lowest BCUT2D eigenvalue weighted by atomic mass is 9.43. The van der Waals surface area contributed by atoms with Gasteiger partial charge in [-0.3, -0.25) is 4.79 Å². The summed E-state index contributed by atoms with van der Waals surface area (Å²) in [5, 5.41) is 30.5. The van der Waals surface area contributed by atoms with Gasteiger partial charge in [-0.15, -0.1) is 0 Å². The topological polar surface area (TPSA) is 77.8 Å². The van der Waals surface area contributed by atoms with Crippen LogP contribution in [-0.2, 0) is 4.79 Å². The predicted octanol–water partition coefficient (Wildman–Crippen LogP) is 4.48. The smallest absolute Gasteiger partial charge is 0.303 e. The minimum Gasteiger partial charge on any atom is -0.481 e. The first kappa shape index (κ1) is 20.7. The molecule has 0 amide bonds. The Morgan fingerprint density at radius 2 is 1.68 bits per heavy atom. The van der Waals surface area contributed by atoms with Gasteiger partial charge in [-0.2, -0.15) is 0 Å². The molecule has 4 nitrogen and oxygen atoms in total. The third kappa shape index (κ3) is 3.14. The van der Waals surface area contributed by atoms with E-state index in [-0.39, 0.29) is 29.5 Å². The Bertz CT molecular complexity index is 605. The third-order valence-electron chi connectivity index (χ3n) is 10.2. The lowest BCUT2D eigenvalue weighted by Crippen LogP contribution is -2.58. The van der Waals surface area contributed by atoms with E-state index in [0.29, 0.717) is 35.5 Å². The summed E-state index contributed by atoms with van der Waals surface area (Å²) in [6.45, 7) is 7.16. The normalized spacial score (nSPS) is 51.7. The molecule has 10 atom stereocenters. The first-order valence-corrected chi connectivity index (χ1v) is 11.7. The second-order valence-corrected chi connectivity index (χ2v) is 11.4. The van der Waals surface area contributed by atoms with Crippen molar-refractivity contribution in [2.45, 2.75) is 97.2 Å². The van der Waals surface area contributed by atoms with Crippen LogP contribution in [0.2, 0.25) is 0 Å². The Hall–Kier alpha value is -0.610. The third-order valence-corrected chi connectivity index (χ3v) is 10.2. The lowest BCUT2D eigenvalue weighted by Gasteiger charge is -2.62. The second kappa shape index (κ2) is 7.27. The molecule has 4 fully saturated rings. The number of hydrogen-bond acceptors (Lipinski definition) is 3. The van der Waals surface area contributed by atoms with Gasteiger partial charge in [0.25, 0.3) is 0 Å². The van der Waals surface area contributed by atoms with Crippen LogP contribution in [0.25, 0.3) is 0 Å². The summed E-state index contributed by atoms with van der Waals surface area (Å²) in [5.41, 5.74) is 0.523. The van der Waals surface area contributed by atoms with Crippen LogP contribution in [-0.4, -0.2) is 33.5 Å². The number of carboxylic acid groups (broad SMARTS) is 1. The zero-order valence-corrected chi connectivity index (χ0v) is 17.9. The fourth-order valence-corrected chi connectivity index (χ4v) is 8.73. The molecule has 0 aliphatic heterocycles. The molecule has 4 saturated carbocycles. The minimum atomic E-state index is -0.684. The van der Waals surface area contributed by atoms with E-state index in [0.717, 1.165) is 32.1 Å². The first-order valence-electron chi connectivity index (χ1n) is 11.7. The van der Waals surface area contributed by atoms with Crippen molar-refractivity contribution in [3.63, 3.8) is 0 Å². The van der Waals surface area contributed by atoms with Crippen molar-refractivity contribution >= 4 is 5.97 Å². The van der Waals surface area contributed by atoms with Crippen LogP contribution in [0.15, 0.2) is 0 Å². The highest BCUT2D eigenvalue weighted by atomic mass is 16.4. The van der Waals surface area contributed by atoms with Crippen LogP contribution in [0, 0.1) is 46.3 Å². The van der Waals surface area contributed by atoms with Gasteiger partial charge in [-0.05, 0) is 104 Å². The molecule has 4 aliphatic carbocycles. The Morgan fingerprint density at radius 1 is 1.00 bits per heavy atom. The van der Waals surface area contributed by atoms with Gasteiger partial charge in [0.2, 0.25) is 0 Å².